The number of fused-ring (bicyclic) bond motifs is 1. The van der Waals surface area contributed by atoms with Gasteiger partial charge in [0, 0.05) is 28.9 Å². The zero-order chi connectivity index (χ0) is 18.1. The third-order valence-electron chi connectivity index (χ3n) is 4.50. The summed E-state index contributed by atoms with van der Waals surface area (Å²) in [6.07, 6.45) is 2.27. The fourth-order valence-electron chi connectivity index (χ4n) is 3.19. The summed E-state index contributed by atoms with van der Waals surface area (Å²) >= 11 is 6.52. The summed E-state index contributed by atoms with van der Waals surface area (Å²) in [4.78, 5) is 17.0. The maximum atomic E-state index is 11.0. The fraction of sp³-hybridized carbons (Fsp3) is 0.278. The maximum Gasteiger partial charge on any atom is 0.224 e. The molecule has 1 N–H and O–H groups in total. The Kier molecular flexibility index (Phi) is 4.48. The van der Waals surface area contributed by atoms with E-state index < -0.39 is 0 Å². The molecule has 1 aliphatic rings. The Morgan fingerprint density at radius 3 is 3.08 bits per heavy atom. The minimum absolute atomic E-state index is 0.234. The Bertz CT molecular complexity index is 959. The number of ether oxygens (including phenoxy) is 2. The van der Waals surface area contributed by atoms with Gasteiger partial charge in [0.25, 0.3) is 0 Å². The minimum atomic E-state index is -0.234. The van der Waals surface area contributed by atoms with Gasteiger partial charge in [-0.05, 0) is 12.1 Å². The van der Waals surface area contributed by atoms with Crippen molar-refractivity contribution in [2.24, 2.45) is 0 Å². The molecule has 1 fully saturated rings. The lowest BCUT2D eigenvalue weighted by molar-refractivity contribution is -0.125. The number of nitrogens with zero attached hydrogens (tertiary/aromatic N) is 3. The molecule has 0 spiro atoms. The molecule has 0 radical (unpaired) electrons. The monoisotopic (exact) mass is 372 g/mol. The number of hydrogen-bond acceptors (Lipinski definition) is 5. The number of morpholine rings is 1. The third-order valence-corrected chi connectivity index (χ3v) is 4.83. The Balaban J connectivity index is 1.72. The van der Waals surface area contributed by atoms with Gasteiger partial charge in [-0.25, -0.2) is 4.98 Å². The summed E-state index contributed by atoms with van der Waals surface area (Å²) < 4.78 is 11.1. The number of halogens is 1. The molecule has 8 heteroatoms. The summed E-state index contributed by atoms with van der Waals surface area (Å²) in [6, 6.07) is 7.54. The summed E-state index contributed by atoms with van der Waals surface area (Å²) in [6.45, 7) is 1.59. The summed E-state index contributed by atoms with van der Waals surface area (Å²) in [5.74, 6) is 0.503. The smallest absolute Gasteiger partial charge is 0.224 e. The largest absolute Gasteiger partial charge is 0.480 e. The average Bonchev–Trinajstić information content (AvgIpc) is 3.12. The van der Waals surface area contributed by atoms with Crippen LogP contribution in [-0.4, -0.2) is 53.3 Å². The van der Waals surface area contributed by atoms with Crippen molar-refractivity contribution in [3.05, 3.63) is 41.0 Å². The van der Waals surface area contributed by atoms with Crippen molar-refractivity contribution in [1.82, 2.24) is 20.1 Å². The quantitative estimate of drug-likeness (QED) is 0.712. The number of nitrogens with one attached hydrogen (secondary N) is 1. The number of H-pyrrole nitrogens is 1. The van der Waals surface area contributed by atoms with Gasteiger partial charge in [0.05, 0.1) is 31.2 Å². The van der Waals surface area contributed by atoms with E-state index in [9.17, 15) is 4.79 Å². The van der Waals surface area contributed by atoms with Crippen LogP contribution in [0.3, 0.4) is 0 Å². The van der Waals surface area contributed by atoms with E-state index in [1.807, 2.05) is 24.3 Å². The standard InChI is InChI=1S/C18H17ClN4O3/c1-25-18-16-14(4-5-20-18)21-22-17(16)11-2-3-12(13(19)8-11)15-9-23(10-24)6-7-26-15/h2-5,8,10,15H,6-7,9H2,1H3,(H,21,22). The van der Waals surface area contributed by atoms with Crippen molar-refractivity contribution in [1.29, 1.82) is 0 Å². The van der Waals surface area contributed by atoms with E-state index in [1.165, 1.54) is 0 Å². The highest BCUT2D eigenvalue weighted by molar-refractivity contribution is 6.31. The van der Waals surface area contributed by atoms with Gasteiger partial charge in [0.15, 0.2) is 0 Å². The van der Waals surface area contributed by atoms with Crippen molar-refractivity contribution < 1.29 is 14.3 Å². The summed E-state index contributed by atoms with van der Waals surface area (Å²) in [7, 11) is 1.58. The number of amides is 1. The second kappa shape index (κ2) is 6.93. The molecule has 3 aromatic rings. The predicted molar refractivity (Wildman–Crippen MR) is 97.2 cm³/mol. The van der Waals surface area contributed by atoms with Crippen LogP contribution in [0.5, 0.6) is 5.88 Å². The topological polar surface area (TPSA) is 80.3 Å². The first-order valence-corrected chi connectivity index (χ1v) is 8.57. The minimum Gasteiger partial charge on any atom is -0.480 e. The maximum absolute atomic E-state index is 11.0. The molecule has 1 unspecified atom stereocenters. The normalized spacial score (nSPS) is 17.5. The molecule has 134 valence electrons. The van der Waals surface area contributed by atoms with Gasteiger partial charge >= 0.3 is 0 Å². The van der Waals surface area contributed by atoms with E-state index in [0.717, 1.165) is 34.1 Å². The number of aromatic amines is 1. The second-order valence-electron chi connectivity index (χ2n) is 6.01. The Hall–Kier alpha value is -2.64. The Morgan fingerprint density at radius 2 is 2.31 bits per heavy atom. The van der Waals surface area contributed by atoms with Crippen LogP contribution in [0, 0.1) is 0 Å². The van der Waals surface area contributed by atoms with Gasteiger partial charge in [0.1, 0.15) is 11.8 Å². The van der Waals surface area contributed by atoms with Gasteiger partial charge in [-0.2, -0.15) is 5.10 Å². The lowest BCUT2D eigenvalue weighted by Crippen LogP contribution is -2.37. The van der Waals surface area contributed by atoms with Crippen molar-refractivity contribution in [3.63, 3.8) is 0 Å². The number of aromatic nitrogens is 3. The molecule has 0 bridgehead atoms. The highest BCUT2D eigenvalue weighted by Gasteiger charge is 2.24. The van der Waals surface area contributed by atoms with Gasteiger partial charge in [0.2, 0.25) is 12.3 Å². The lowest BCUT2D eigenvalue weighted by Gasteiger charge is -2.31. The number of carbonyl (C=O) groups is 1. The lowest BCUT2D eigenvalue weighted by atomic mass is 10.0. The molecule has 1 saturated heterocycles. The van der Waals surface area contributed by atoms with Crippen LogP contribution in [-0.2, 0) is 9.53 Å². The zero-order valence-electron chi connectivity index (χ0n) is 14.1. The summed E-state index contributed by atoms with van der Waals surface area (Å²) in [5.41, 5.74) is 3.26. The van der Waals surface area contributed by atoms with Crippen LogP contribution in [0.15, 0.2) is 30.5 Å². The van der Waals surface area contributed by atoms with Crippen LogP contribution in [0.25, 0.3) is 22.2 Å². The highest BCUT2D eigenvalue weighted by atomic mass is 35.5. The van der Waals surface area contributed by atoms with E-state index >= 15 is 0 Å². The van der Waals surface area contributed by atoms with Crippen LogP contribution in [0.1, 0.15) is 11.7 Å². The van der Waals surface area contributed by atoms with Crippen LogP contribution < -0.4 is 4.74 Å². The van der Waals surface area contributed by atoms with Crippen LogP contribution in [0.4, 0.5) is 0 Å². The van der Waals surface area contributed by atoms with Gasteiger partial charge in [-0.1, -0.05) is 23.7 Å². The molecular weight excluding hydrogens is 356 g/mol. The zero-order valence-corrected chi connectivity index (χ0v) is 14.9. The Labute approximate surface area is 154 Å². The molecule has 3 heterocycles. The molecule has 4 rings (SSSR count). The SMILES string of the molecule is COc1nccc2[nH]nc(-c3ccc(C4CN(C=O)CCO4)c(Cl)c3)c12. The molecule has 1 aliphatic heterocycles. The first-order chi connectivity index (χ1) is 12.7. The third kappa shape index (κ3) is 2.89. The number of rotatable bonds is 4. The number of benzene rings is 1. The molecule has 26 heavy (non-hydrogen) atoms. The molecule has 1 atom stereocenters. The van der Waals surface area contributed by atoms with E-state index in [4.69, 9.17) is 21.1 Å². The van der Waals surface area contributed by atoms with Crippen LogP contribution in [0.2, 0.25) is 5.02 Å². The average molecular weight is 373 g/mol. The van der Waals surface area contributed by atoms with E-state index in [1.54, 1.807) is 18.2 Å². The predicted octanol–water partition coefficient (Wildman–Crippen LogP) is 2.82. The number of pyridine rings is 1. The second-order valence-corrected chi connectivity index (χ2v) is 6.42. The van der Waals surface area contributed by atoms with Crippen molar-refractivity contribution >= 4 is 28.9 Å². The van der Waals surface area contributed by atoms with Gasteiger partial charge in [-0.3, -0.25) is 9.89 Å². The van der Waals surface area contributed by atoms with E-state index in [2.05, 4.69) is 15.2 Å². The highest BCUT2D eigenvalue weighted by Crippen LogP contribution is 2.36. The van der Waals surface area contributed by atoms with Crippen LogP contribution >= 0.6 is 11.6 Å². The molecule has 1 aromatic carbocycles. The van der Waals surface area contributed by atoms with Crippen molar-refractivity contribution in [2.75, 3.05) is 26.8 Å². The summed E-state index contributed by atoms with van der Waals surface area (Å²) in [5, 5.41) is 8.76. The first kappa shape index (κ1) is 16.8. The van der Waals surface area contributed by atoms with E-state index in [0.29, 0.717) is 30.6 Å². The number of hydrogen-bond donors (Lipinski definition) is 1. The van der Waals surface area contributed by atoms with E-state index in [-0.39, 0.29) is 6.10 Å². The Morgan fingerprint density at radius 1 is 1.42 bits per heavy atom. The van der Waals surface area contributed by atoms with Gasteiger partial charge < -0.3 is 14.4 Å². The fourth-order valence-corrected chi connectivity index (χ4v) is 3.49. The number of carbonyl (C=O) groups excluding carboxylic acids is 1. The first-order valence-electron chi connectivity index (χ1n) is 8.19. The molecule has 0 saturated carbocycles. The molecule has 0 aliphatic carbocycles. The molecular formula is C18H17ClN4O3. The molecule has 1 amide bonds. The molecule has 2 aromatic heterocycles. The number of methoxy groups -OCH3 is 1. The van der Waals surface area contributed by atoms with Crippen molar-refractivity contribution in [3.8, 4) is 17.1 Å². The van der Waals surface area contributed by atoms with Gasteiger partial charge in [-0.15, -0.1) is 0 Å². The van der Waals surface area contributed by atoms with Crippen molar-refractivity contribution in [2.45, 2.75) is 6.10 Å². The molecule has 7 nitrogen and oxygen atoms in total.